The zero-order chi connectivity index (χ0) is 15.9. The molecule has 0 fully saturated rings. The summed E-state index contributed by atoms with van der Waals surface area (Å²) in [7, 11) is -3.28. The quantitative estimate of drug-likeness (QED) is 0.914. The van der Waals surface area contributed by atoms with Gasteiger partial charge in [-0.1, -0.05) is 11.3 Å². The van der Waals surface area contributed by atoms with Crippen molar-refractivity contribution in [3.63, 3.8) is 0 Å². The molecule has 0 aliphatic carbocycles. The summed E-state index contributed by atoms with van der Waals surface area (Å²) in [6.07, 6.45) is 1.78. The number of carbonyl (C=O) groups is 1. The molecule has 9 heteroatoms. The van der Waals surface area contributed by atoms with Gasteiger partial charge in [-0.25, -0.2) is 8.42 Å². The molecule has 0 spiro atoms. The van der Waals surface area contributed by atoms with E-state index in [2.05, 4.69) is 15.5 Å². The number of fused-ring (bicyclic) bond motifs is 1. The SMILES string of the molecule is Cc1nnc(NC(=O)c2ccc3c(c2)CCN3S(C)(=O)=O)s1. The molecule has 1 amide bonds. The fourth-order valence-corrected chi connectivity index (χ4v) is 3.92. The van der Waals surface area contributed by atoms with E-state index in [9.17, 15) is 13.2 Å². The lowest BCUT2D eigenvalue weighted by atomic mass is 10.1. The largest absolute Gasteiger partial charge is 0.296 e. The number of aryl methyl sites for hydroxylation is 1. The van der Waals surface area contributed by atoms with Crippen LogP contribution in [0.2, 0.25) is 0 Å². The van der Waals surface area contributed by atoms with E-state index in [1.165, 1.54) is 21.9 Å². The van der Waals surface area contributed by atoms with Crippen LogP contribution in [0.5, 0.6) is 0 Å². The molecule has 0 bridgehead atoms. The molecular formula is C13H14N4O3S2. The van der Waals surface area contributed by atoms with E-state index < -0.39 is 10.0 Å². The zero-order valence-corrected chi connectivity index (χ0v) is 13.7. The van der Waals surface area contributed by atoms with Gasteiger partial charge < -0.3 is 0 Å². The average Bonchev–Trinajstić information content (AvgIpc) is 3.03. The van der Waals surface area contributed by atoms with Crippen molar-refractivity contribution in [2.45, 2.75) is 13.3 Å². The van der Waals surface area contributed by atoms with Gasteiger partial charge in [0, 0.05) is 12.1 Å². The van der Waals surface area contributed by atoms with Crippen LogP contribution in [0.15, 0.2) is 18.2 Å². The Morgan fingerprint density at radius 1 is 1.36 bits per heavy atom. The maximum absolute atomic E-state index is 12.2. The van der Waals surface area contributed by atoms with Gasteiger partial charge in [-0.2, -0.15) is 0 Å². The first-order chi connectivity index (χ1) is 10.3. The lowest BCUT2D eigenvalue weighted by Gasteiger charge is -2.16. The van der Waals surface area contributed by atoms with Crippen molar-refractivity contribution < 1.29 is 13.2 Å². The summed E-state index contributed by atoms with van der Waals surface area (Å²) in [5.41, 5.74) is 1.97. The molecule has 22 heavy (non-hydrogen) atoms. The van der Waals surface area contributed by atoms with Gasteiger partial charge in [0.2, 0.25) is 15.2 Å². The fraction of sp³-hybridized carbons (Fsp3) is 0.308. The van der Waals surface area contributed by atoms with Gasteiger partial charge in [0.25, 0.3) is 5.91 Å². The van der Waals surface area contributed by atoms with Gasteiger partial charge >= 0.3 is 0 Å². The molecule has 116 valence electrons. The smallest absolute Gasteiger partial charge is 0.257 e. The van der Waals surface area contributed by atoms with Gasteiger partial charge in [-0.3, -0.25) is 14.4 Å². The van der Waals surface area contributed by atoms with Crippen LogP contribution in [0, 0.1) is 6.92 Å². The first-order valence-electron chi connectivity index (χ1n) is 6.57. The number of nitrogens with zero attached hydrogens (tertiary/aromatic N) is 3. The fourth-order valence-electron chi connectivity index (χ4n) is 2.37. The number of hydrogen-bond acceptors (Lipinski definition) is 6. The van der Waals surface area contributed by atoms with Crippen molar-refractivity contribution >= 4 is 38.1 Å². The van der Waals surface area contributed by atoms with Gasteiger partial charge in [0.05, 0.1) is 11.9 Å². The third kappa shape index (κ3) is 2.81. The van der Waals surface area contributed by atoms with E-state index in [1.54, 1.807) is 18.2 Å². The molecule has 1 aliphatic rings. The monoisotopic (exact) mass is 338 g/mol. The second kappa shape index (κ2) is 5.33. The summed E-state index contributed by atoms with van der Waals surface area (Å²) in [5, 5.41) is 11.6. The predicted molar refractivity (Wildman–Crippen MR) is 84.9 cm³/mol. The van der Waals surface area contributed by atoms with Crippen molar-refractivity contribution in [1.29, 1.82) is 0 Å². The third-order valence-corrected chi connectivity index (χ3v) is 5.28. The van der Waals surface area contributed by atoms with Crippen molar-refractivity contribution in [3.8, 4) is 0 Å². The lowest BCUT2D eigenvalue weighted by molar-refractivity contribution is 0.102. The molecule has 0 radical (unpaired) electrons. The van der Waals surface area contributed by atoms with E-state index in [4.69, 9.17) is 0 Å². The molecular weight excluding hydrogens is 324 g/mol. The van der Waals surface area contributed by atoms with Crippen LogP contribution in [-0.2, 0) is 16.4 Å². The number of anilines is 2. The number of hydrogen-bond donors (Lipinski definition) is 1. The second-order valence-corrected chi connectivity index (χ2v) is 8.10. The van der Waals surface area contributed by atoms with Crippen LogP contribution < -0.4 is 9.62 Å². The van der Waals surface area contributed by atoms with Gasteiger partial charge in [0.1, 0.15) is 5.01 Å². The lowest BCUT2D eigenvalue weighted by Crippen LogP contribution is -2.27. The summed E-state index contributed by atoms with van der Waals surface area (Å²) in [4.78, 5) is 12.2. The topological polar surface area (TPSA) is 92.3 Å². The van der Waals surface area contributed by atoms with Crippen LogP contribution in [0.4, 0.5) is 10.8 Å². The maximum atomic E-state index is 12.2. The molecule has 1 N–H and O–H groups in total. The highest BCUT2D eigenvalue weighted by atomic mass is 32.2. The van der Waals surface area contributed by atoms with E-state index in [0.717, 1.165) is 10.6 Å². The maximum Gasteiger partial charge on any atom is 0.257 e. The average molecular weight is 338 g/mol. The summed E-state index contributed by atoms with van der Waals surface area (Å²) in [5.74, 6) is -0.281. The Hall–Kier alpha value is -2.00. The number of benzene rings is 1. The number of sulfonamides is 1. The number of carbonyl (C=O) groups excluding carboxylic acids is 1. The Morgan fingerprint density at radius 2 is 2.14 bits per heavy atom. The Bertz CT molecular complexity index is 845. The van der Waals surface area contributed by atoms with E-state index in [-0.39, 0.29) is 5.91 Å². The van der Waals surface area contributed by atoms with Gasteiger partial charge in [0.15, 0.2) is 0 Å². The molecule has 1 aliphatic heterocycles. The van der Waals surface area contributed by atoms with Crippen molar-refractivity contribution in [3.05, 3.63) is 34.3 Å². The van der Waals surface area contributed by atoms with Crippen molar-refractivity contribution in [2.24, 2.45) is 0 Å². The summed E-state index contributed by atoms with van der Waals surface area (Å²) >= 11 is 1.30. The number of nitrogens with one attached hydrogen (secondary N) is 1. The summed E-state index contributed by atoms with van der Waals surface area (Å²) in [6, 6.07) is 5.01. The summed E-state index contributed by atoms with van der Waals surface area (Å²) in [6.45, 7) is 2.22. The normalized spacial score (nSPS) is 14.0. The number of amides is 1. The molecule has 7 nitrogen and oxygen atoms in total. The van der Waals surface area contributed by atoms with Crippen LogP contribution in [0.1, 0.15) is 20.9 Å². The Labute approximate surface area is 132 Å². The van der Waals surface area contributed by atoms with Crippen LogP contribution >= 0.6 is 11.3 Å². The number of rotatable bonds is 3. The molecule has 3 rings (SSSR count). The van der Waals surface area contributed by atoms with Gasteiger partial charge in [-0.15, -0.1) is 10.2 Å². The molecule has 0 atom stereocenters. The molecule has 2 heterocycles. The Balaban J connectivity index is 1.84. The molecule has 2 aromatic rings. The molecule has 1 aromatic carbocycles. The first kappa shape index (κ1) is 14.9. The first-order valence-corrected chi connectivity index (χ1v) is 9.23. The zero-order valence-electron chi connectivity index (χ0n) is 12.0. The molecule has 0 saturated carbocycles. The highest BCUT2D eigenvalue weighted by Gasteiger charge is 2.26. The Morgan fingerprint density at radius 3 is 2.77 bits per heavy atom. The Kier molecular flexibility index (Phi) is 3.61. The third-order valence-electron chi connectivity index (χ3n) is 3.34. The van der Waals surface area contributed by atoms with Gasteiger partial charge in [-0.05, 0) is 37.1 Å². The van der Waals surface area contributed by atoms with Crippen molar-refractivity contribution in [1.82, 2.24) is 10.2 Å². The van der Waals surface area contributed by atoms with E-state index in [0.29, 0.717) is 29.3 Å². The molecule has 0 saturated heterocycles. The highest BCUT2D eigenvalue weighted by Crippen LogP contribution is 2.31. The summed E-state index contributed by atoms with van der Waals surface area (Å²) < 4.78 is 24.7. The minimum atomic E-state index is -3.28. The standard InChI is InChI=1S/C13H14N4O3S2/c1-8-15-16-13(21-8)14-12(18)10-3-4-11-9(7-10)5-6-17(11)22(2,19)20/h3-4,7H,5-6H2,1-2H3,(H,14,16,18). The number of aromatic nitrogens is 2. The minimum Gasteiger partial charge on any atom is -0.296 e. The minimum absolute atomic E-state index is 0.281. The highest BCUT2D eigenvalue weighted by molar-refractivity contribution is 7.92. The van der Waals surface area contributed by atoms with Crippen LogP contribution in [0.3, 0.4) is 0 Å². The van der Waals surface area contributed by atoms with Crippen molar-refractivity contribution in [2.75, 3.05) is 22.4 Å². The van der Waals surface area contributed by atoms with Crippen LogP contribution in [0.25, 0.3) is 0 Å². The van der Waals surface area contributed by atoms with Crippen LogP contribution in [-0.4, -0.2) is 37.3 Å². The van der Waals surface area contributed by atoms with E-state index in [1.807, 2.05) is 6.92 Å². The molecule has 0 unspecified atom stereocenters. The predicted octanol–water partition coefficient (Wildman–Crippen LogP) is 1.42. The second-order valence-electron chi connectivity index (χ2n) is 5.01. The molecule has 1 aromatic heterocycles. The van der Waals surface area contributed by atoms with E-state index >= 15 is 0 Å².